The fourth-order valence-electron chi connectivity index (χ4n) is 1.28. The van der Waals surface area contributed by atoms with E-state index >= 15 is 0 Å². The second-order valence-electron chi connectivity index (χ2n) is 3.35. The third-order valence-corrected chi connectivity index (χ3v) is 3.04. The van der Waals surface area contributed by atoms with Gasteiger partial charge in [0.05, 0.1) is 5.56 Å². The van der Waals surface area contributed by atoms with E-state index in [1.807, 2.05) is 12.1 Å². The Hall–Kier alpha value is -2.01. The van der Waals surface area contributed by atoms with Crippen molar-refractivity contribution in [1.82, 2.24) is 4.98 Å². The molecule has 5 heteroatoms. The molecule has 0 amide bonds. The Morgan fingerprint density at radius 1 is 1.24 bits per heavy atom. The molecule has 17 heavy (non-hydrogen) atoms. The van der Waals surface area contributed by atoms with E-state index in [1.165, 1.54) is 11.8 Å². The number of nitrogen functional groups attached to an aromatic ring is 1. The number of benzene rings is 1. The number of aromatic nitrogens is 1. The van der Waals surface area contributed by atoms with Crippen molar-refractivity contribution in [1.29, 1.82) is 0 Å². The van der Waals surface area contributed by atoms with Gasteiger partial charge in [-0.2, -0.15) is 0 Å². The molecule has 2 rings (SSSR count). The lowest BCUT2D eigenvalue weighted by atomic mass is 10.2. The minimum Gasteiger partial charge on any atom is -0.478 e. The smallest absolute Gasteiger partial charge is 0.335 e. The Labute approximate surface area is 102 Å². The van der Waals surface area contributed by atoms with E-state index in [1.54, 1.807) is 30.5 Å². The van der Waals surface area contributed by atoms with Crippen LogP contribution in [0.1, 0.15) is 10.4 Å². The monoisotopic (exact) mass is 246 g/mol. The Morgan fingerprint density at radius 2 is 2.06 bits per heavy atom. The Kier molecular flexibility index (Phi) is 3.30. The summed E-state index contributed by atoms with van der Waals surface area (Å²) in [7, 11) is 0. The van der Waals surface area contributed by atoms with E-state index in [0.717, 1.165) is 9.79 Å². The fourth-order valence-corrected chi connectivity index (χ4v) is 2.13. The minimum atomic E-state index is -0.928. The van der Waals surface area contributed by atoms with Crippen LogP contribution >= 0.6 is 11.8 Å². The maximum absolute atomic E-state index is 10.8. The van der Waals surface area contributed by atoms with Crippen molar-refractivity contribution in [3.05, 3.63) is 48.2 Å². The van der Waals surface area contributed by atoms with Crippen molar-refractivity contribution in [2.75, 3.05) is 5.73 Å². The van der Waals surface area contributed by atoms with Crippen LogP contribution < -0.4 is 5.73 Å². The molecule has 4 nitrogen and oxygen atoms in total. The molecule has 0 bridgehead atoms. The Balaban J connectivity index is 2.21. The highest BCUT2D eigenvalue weighted by atomic mass is 32.2. The second kappa shape index (κ2) is 4.88. The van der Waals surface area contributed by atoms with Crippen LogP contribution in [0.5, 0.6) is 0 Å². The van der Waals surface area contributed by atoms with Crippen molar-refractivity contribution in [2.24, 2.45) is 0 Å². The number of pyridine rings is 1. The van der Waals surface area contributed by atoms with E-state index in [-0.39, 0.29) is 5.56 Å². The van der Waals surface area contributed by atoms with Crippen molar-refractivity contribution in [3.8, 4) is 0 Å². The quantitative estimate of drug-likeness (QED) is 0.870. The molecule has 0 spiro atoms. The van der Waals surface area contributed by atoms with Gasteiger partial charge >= 0.3 is 5.97 Å². The molecule has 0 fully saturated rings. The number of hydrogen-bond donors (Lipinski definition) is 2. The van der Waals surface area contributed by atoms with E-state index < -0.39 is 5.97 Å². The molecule has 0 saturated heterocycles. The third-order valence-electron chi connectivity index (χ3n) is 2.08. The standard InChI is InChI=1S/C12H10N2O2S/c13-11-5-4-10(7-14-11)17-9-3-1-2-8(6-9)12(15)16/h1-7H,(H2,13,14)(H,15,16). The molecule has 0 aliphatic rings. The summed E-state index contributed by atoms with van der Waals surface area (Å²) in [5, 5.41) is 8.87. The molecule has 1 aromatic carbocycles. The van der Waals surface area contributed by atoms with Crippen LogP contribution in [-0.4, -0.2) is 16.1 Å². The predicted octanol–water partition coefficient (Wildman–Crippen LogP) is 2.51. The van der Waals surface area contributed by atoms with Gasteiger partial charge < -0.3 is 10.8 Å². The van der Waals surface area contributed by atoms with Gasteiger partial charge in [0, 0.05) is 16.0 Å². The second-order valence-corrected chi connectivity index (χ2v) is 4.50. The first-order valence-electron chi connectivity index (χ1n) is 4.88. The fraction of sp³-hybridized carbons (Fsp3) is 0. The SMILES string of the molecule is Nc1ccc(Sc2cccc(C(=O)O)c2)cn1. The number of rotatable bonds is 3. The summed E-state index contributed by atoms with van der Waals surface area (Å²) in [6.07, 6.45) is 1.66. The molecule has 0 saturated carbocycles. The maximum atomic E-state index is 10.8. The van der Waals surface area contributed by atoms with Gasteiger partial charge in [-0.05, 0) is 30.3 Å². The van der Waals surface area contributed by atoms with Crippen LogP contribution in [0, 0.1) is 0 Å². The number of carboxylic acids is 1. The molecular formula is C12H10N2O2S. The van der Waals surface area contributed by atoms with Gasteiger partial charge in [0.25, 0.3) is 0 Å². The van der Waals surface area contributed by atoms with Gasteiger partial charge in [0.1, 0.15) is 5.82 Å². The Bertz CT molecular complexity index is 540. The molecule has 3 N–H and O–H groups in total. The molecule has 0 atom stereocenters. The van der Waals surface area contributed by atoms with Gasteiger partial charge in [-0.1, -0.05) is 17.8 Å². The number of nitrogens with zero attached hydrogens (tertiary/aromatic N) is 1. The lowest BCUT2D eigenvalue weighted by Crippen LogP contribution is -1.95. The first-order valence-corrected chi connectivity index (χ1v) is 5.69. The van der Waals surface area contributed by atoms with Crippen LogP contribution in [0.3, 0.4) is 0 Å². The third kappa shape index (κ3) is 2.98. The average Bonchev–Trinajstić information content (AvgIpc) is 2.32. The topological polar surface area (TPSA) is 76.2 Å². The first-order chi connectivity index (χ1) is 8.15. The molecular weight excluding hydrogens is 236 g/mol. The van der Waals surface area contributed by atoms with Crippen molar-refractivity contribution >= 4 is 23.5 Å². The maximum Gasteiger partial charge on any atom is 0.335 e. The number of nitrogens with two attached hydrogens (primary N) is 1. The Morgan fingerprint density at radius 3 is 2.71 bits per heavy atom. The predicted molar refractivity (Wildman–Crippen MR) is 66.2 cm³/mol. The molecule has 0 aliphatic heterocycles. The van der Waals surface area contributed by atoms with Crippen LogP contribution in [0.2, 0.25) is 0 Å². The van der Waals surface area contributed by atoms with Gasteiger partial charge in [0.2, 0.25) is 0 Å². The molecule has 0 aliphatic carbocycles. The lowest BCUT2D eigenvalue weighted by Gasteiger charge is -2.02. The highest BCUT2D eigenvalue weighted by Crippen LogP contribution is 2.27. The zero-order valence-corrected chi connectivity index (χ0v) is 9.65. The minimum absolute atomic E-state index is 0.276. The first kappa shape index (κ1) is 11.5. The summed E-state index contributed by atoms with van der Waals surface area (Å²) in [5.41, 5.74) is 5.76. The van der Waals surface area contributed by atoms with Gasteiger partial charge in [0.15, 0.2) is 0 Å². The summed E-state index contributed by atoms with van der Waals surface area (Å²) < 4.78 is 0. The van der Waals surface area contributed by atoms with E-state index in [2.05, 4.69) is 4.98 Å². The molecule has 0 radical (unpaired) electrons. The molecule has 86 valence electrons. The number of aromatic carboxylic acids is 1. The highest BCUT2D eigenvalue weighted by molar-refractivity contribution is 7.99. The molecule has 1 aromatic heterocycles. The van der Waals surface area contributed by atoms with Crippen LogP contribution in [0.25, 0.3) is 0 Å². The number of carboxylic acid groups (broad SMARTS) is 1. The number of anilines is 1. The summed E-state index contributed by atoms with van der Waals surface area (Å²) in [6, 6.07) is 10.3. The van der Waals surface area contributed by atoms with Gasteiger partial charge in [-0.3, -0.25) is 0 Å². The summed E-state index contributed by atoms with van der Waals surface area (Å²) >= 11 is 1.45. The highest BCUT2D eigenvalue weighted by Gasteiger charge is 2.04. The van der Waals surface area contributed by atoms with Crippen LogP contribution in [0.15, 0.2) is 52.4 Å². The molecule has 1 heterocycles. The normalized spacial score (nSPS) is 10.1. The van der Waals surface area contributed by atoms with Crippen LogP contribution in [0.4, 0.5) is 5.82 Å². The molecule has 0 unspecified atom stereocenters. The van der Waals surface area contributed by atoms with E-state index in [0.29, 0.717) is 5.82 Å². The zero-order valence-electron chi connectivity index (χ0n) is 8.83. The number of hydrogen-bond acceptors (Lipinski definition) is 4. The zero-order chi connectivity index (χ0) is 12.3. The van der Waals surface area contributed by atoms with Crippen molar-refractivity contribution in [2.45, 2.75) is 9.79 Å². The van der Waals surface area contributed by atoms with Crippen LogP contribution in [-0.2, 0) is 0 Å². The lowest BCUT2D eigenvalue weighted by molar-refractivity contribution is 0.0696. The molecule has 2 aromatic rings. The summed E-state index contributed by atoms with van der Waals surface area (Å²) in [4.78, 5) is 16.6. The average molecular weight is 246 g/mol. The van der Waals surface area contributed by atoms with E-state index in [9.17, 15) is 4.79 Å². The summed E-state index contributed by atoms with van der Waals surface area (Å²) in [6.45, 7) is 0. The van der Waals surface area contributed by atoms with Gasteiger partial charge in [-0.15, -0.1) is 0 Å². The van der Waals surface area contributed by atoms with Crippen molar-refractivity contribution < 1.29 is 9.90 Å². The van der Waals surface area contributed by atoms with Gasteiger partial charge in [-0.25, -0.2) is 9.78 Å². The van der Waals surface area contributed by atoms with E-state index in [4.69, 9.17) is 10.8 Å². The summed E-state index contributed by atoms with van der Waals surface area (Å²) in [5.74, 6) is -0.462. The largest absolute Gasteiger partial charge is 0.478 e. The van der Waals surface area contributed by atoms with Crippen molar-refractivity contribution in [3.63, 3.8) is 0 Å². The number of carbonyl (C=O) groups is 1.